The Morgan fingerprint density at radius 3 is 1.50 bits per heavy atom. The second-order valence-electron chi connectivity index (χ2n) is 5.03. The molecule has 0 bridgehead atoms. The fourth-order valence-electron chi connectivity index (χ4n) is 3.18. The molecule has 0 saturated heterocycles. The van der Waals surface area contributed by atoms with Crippen molar-refractivity contribution in [3.05, 3.63) is 82.9 Å². The molecule has 86 valence electrons. The third kappa shape index (κ3) is 1.32. The first-order valence-electron chi connectivity index (χ1n) is 6.48. The Morgan fingerprint density at radius 2 is 1.00 bits per heavy atom. The summed E-state index contributed by atoms with van der Waals surface area (Å²) in [4.78, 5) is 0. The maximum Gasteiger partial charge on any atom is 0.0131 e. The van der Waals surface area contributed by atoms with Gasteiger partial charge in [0.1, 0.15) is 0 Å². The van der Waals surface area contributed by atoms with Crippen molar-refractivity contribution in [3.8, 4) is 0 Å². The molecular formula is C18H14. The molecule has 2 aliphatic carbocycles. The third-order valence-corrected chi connectivity index (χ3v) is 4.06. The van der Waals surface area contributed by atoms with Gasteiger partial charge in [-0.05, 0) is 22.3 Å². The highest BCUT2D eigenvalue weighted by Gasteiger charge is 2.28. The van der Waals surface area contributed by atoms with Gasteiger partial charge in [-0.15, -0.1) is 0 Å². The van der Waals surface area contributed by atoms with Crippen LogP contribution in [0.25, 0.3) is 12.2 Å². The van der Waals surface area contributed by atoms with E-state index >= 15 is 0 Å². The molecule has 0 heteroatoms. The van der Waals surface area contributed by atoms with Gasteiger partial charge in [-0.2, -0.15) is 0 Å². The van der Waals surface area contributed by atoms with Crippen LogP contribution in [0.1, 0.15) is 34.1 Å². The number of hydrogen-bond acceptors (Lipinski definition) is 0. The largest absolute Gasteiger partial charge is 0.0755 e. The molecule has 0 radical (unpaired) electrons. The Balaban J connectivity index is 1.80. The van der Waals surface area contributed by atoms with Crippen molar-refractivity contribution in [2.45, 2.75) is 11.8 Å². The van der Waals surface area contributed by atoms with Gasteiger partial charge in [0.05, 0.1) is 0 Å². The van der Waals surface area contributed by atoms with Gasteiger partial charge in [0.25, 0.3) is 0 Å². The number of rotatable bonds is 1. The molecule has 2 atom stereocenters. The minimum atomic E-state index is 0.501. The first-order chi connectivity index (χ1) is 8.93. The fraction of sp³-hybridized carbons (Fsp3) is 0.111. The predicted octanol–water partition coefficient (Wildman–Crippen LogP) is 4.61. The topological polar surface area (TPSA) is 0 Å². The summed E-state index contributed by atoms with van der Waals surface area (Å²) in [5.41, 5.74) is 5.67. The van der Waals surface area contributed by atoms with Gasteiger partial charge >= 0.3 is 0 Å². The summed E-state index contributed by atoms with van der Waals surface area (Å²) in [6.45, 7) is 0. The van der Waals surface area contributed by atoms with E-state index in [1.165, 1.54) is 22.3 Å². The van der Waals surface area contributed by atoms with Crippen LogP contribution in [0.15, 0.2) is 60.7 Å². The second kappa shape index (κ2) is 3.71. The summed E-state index contributed by atoms with van der Waals surface area (Å²) in [6, 6.07) is 17.4. The van der Waals surface area contributed by atoms with E-state index < -0.39 is 0 Å². The van der Waals surface area contributed by atoms with Gasteiger partial charge in [0.15, 0.2) is 0 Å². The summed E-state index contributed by atoms with van der Waals surface area (Å²) in [5.74, 6) is 1.00. The Hall–Kier alpha value is -2.08. The molecule has 4 rings (SSSR count). The van der Waals surface area contributed by atoms with Gasteiger partial charge in [0.2, 0.25) is 0 Å². The number of hydrogen-bond donors (Lipinski definition) is 0. The molecule has 18 heavy (non-hydrogen) atoms. The summed E-state index contributed by atoms with van der Waals surface area (Å²) in [6.07, 6.45) is 9.22. The second-order valence-corrected chi connectivity index (χ2v) is 5.03. The van der Waals surface area contributed by atoms with E-state index in [4.69, 9.17) is 0 Å². The molecule has 0 unspecified atom stereocenters. The predicted molar refractivity (Wildman–Crippen MR) is 76.4 cm³/mol. The third-order valence-electron chi connectivity index (χ3n) is 4.06. The van der Waals surface area contributed by atoms with Crippen molar-refractivity contribution in [1.82, 2.24) is 0 Å². The Morgan fingerprint density at radius 1 is 0.556 bits per heavy atom. The number of allylic oxidation sites excluding steroid dienone is 2. The van der Waals surface area contributed by atoms with Crippen LogP contribution in [0.4, 0.5) is 0 Å². The zero-order chi connectivity index (χ0) is 11.9. The van der Waals surface area contributed by atoms with E-state index in [1.54, 1.807) is 0 Å². The lowest BCUT2D eigenvalue weighted by Gasteiger charge is -2.19. The zero-order valence-electron chi connectivity index (χ0n) is 10.1. The van der Waals surface area contributed by atoms with Gasteiger partial charge in [-0.1, -0.05) is 72.8 Å². The van der Waals surface area contributed by atoms with Crippen molar-refractivity contribution in [2.75, 3.05) is 0 Å². The van der Waals surface area contributed by atoms with E-state index in [0.717, 1.165) is 0 Å². The van der Waals surface area contributed by atoms with Crippen molar-refractivity contribution in [3.63, 3.8) is 0 Å². The van der Waals surface area contributed by atoms with Gasteiger partial charge in [0, 0.05) is 11.8 Å². The maximum atomic E-state index is 2.35. The molecule has 2 aromatic carbocycles. The van der Waals surface area contributed by atoms with Gasteiger partial charge < -0.3 is 0 Å². The van der Waals surface area contributed by atoms with Crippen molar-refractivity contribution in [2.24, 2.45) is 0 Å². The van der Waals surface area contributed by atoms with Crippen LogP contribution in [0, 0.1) is 0 Å². The molecule has 0 saturated carbocycles. The number of fused-ring (bicyclic) bond motifs is 2. The summed E-state index contributed by atoms with van der Waals surface area (Å²) in [5, 5.41) is 0. The normalized spacial score (nSPS) is 23.1. The van der Waals surface area contributed by atoms with Crippen LogP contribution in [-0.4, -0.2) is 0 Å². The molecule has 0 fully saturated rings. The Bertz CT molecular complexity index is 602. The first kappa shape index (κ1) is 9.90. The molecule has 0 amide bonds. The van der Waals surface area contributed by atoms with Crippen molar-refractivity contribution < 1.29 is 0 Å². The fourth-order valence-corrected chi connectivity index (χ4v) is 3.18. The minimum Gasteiger partial charge on any atom is -0.0755 e. The maximum absolute atomic E-state index is 2.35. The summed E-state index contributed by atoms with van der Waals surface area (Å²) in [7, 11) is 0. The average molecular weight is 230 g/mol. The average Bonchev–Trinajstić information content (AvgIpc) is 3.01. The smallest absolute Gasteiger partial charge is 0.0131 e. The molecule has 0 aliphatic heterocycles. The van der Waals surface area contributed by atoms with Gasteiger partial charge in [-0.3, -0.25) is 0 Å². The molecule has 2 aromatic rings. The highest BCUT2D eigenvalue weighted by molar-refractivity contribution is 5.68. The van der Waals surface area contributed by atoms with Crippen LogP contribution in [0.3, 0.4) is 0 Å². The number of benzene rings is 2. The lowest BCUT2D eigenvalue weighted by atomic mass is 9.84. The van der Waals surface area contributed by atoms with E-state index in [9.17, 15) is 0 Å². The Labute approximate surface area is 107 Å². The molecule has 0 nitrogen and oxygen atoms in total. The highest BCUT2D eigenvalue weighted by atomic mass is 14.3. The van der Waals surface area contributed by atoms with Crippen molar-refractivity contribution >= 4 is 12.2 Å². The van der Waals surface area contributed by atoms with E-state index in [0.29, 0.717) is 11.8 Å². The van der Waals surface area contributed by atoms with Crippen LogP contribution in [0.2, 0.25) is 0 Å². The highest BCUT2D eigenvalue weighted by Crippen LogP contribution is 2.45. The van der Waals surface area contributed by atoms with Crippen LogP contribution in [0.5, 0.6) is 0 Å². The van der Waals surface area contributed by atoms with Crippen LogP contribution >= 0.6 is 0 Å². The van der Waals surface area contributed by atoms with E-state index in [-0.39, 0.29) is 0 Å². The molecule has 0 aromatic heterocycles. The molecular weight excluding hydrogens is 216 g/mol. The first-order valence-corrected chi connectivity index (χ1v) is 6.48. The summed E-state index contributed by atoms with van der Waals surface area (Å²) < 4.78 is 0. The van der Waals surface area contributed by atoms with E-state index in [1.807, 2.05) is 0 Å². The van der Waals surface area contributed by atoms with E-state index in [2.05, 4.69) is 72.8 Å². The molecule has 0 spiro atoms. The van der Waals surface area contributed by atoms with Gasteiger partial charge in [-0.25, -0.2) is 0 Å². The lowest BCUT2D eigenvalue weighted by Crippen LogP contribution is -2.04. The molecule has 0 heterocycles. The van der Waals surface area contributed by atoms with Crippen LogP contribution < -0.4 is 0 Å². The summed E-state index contributed by atoms with van der Waals surface area (Å²) >= 11 is 0. The van der Waals surface area contributed by atoms with Crippen LogP contribution in [-0.2, 0) is 0 Å². The Kier molecular flexibility index (Phi) is 2.04. The SMILES string of the molecule is C1=C[C@H]([C@H]2C=Cc3ccccc32)c2ccccc21. The standard InChI is InChI=1S/C18H14/c1-3-7-15-13(5-1)9-11-17(15)18-12-10-14-6-2-4-8-16(14)18/h1-12,17-18H/t17-,18-/m0/s1. The van der Waals surface area contributed by atoms with Crippen molar-refractivity contribution in [1.29, 1.82) is 0 Å². The minimum absolute atomic E-state index is 0.501. The monoisotopic (exact) mass is 230 g/mol. The lowest BCUT2D eigenvalue weighted by molar-refractivity contribution is 0.759. The molecule has 2 aliphatic rings. The quantitative estimate of drug-likeness (QED) is 0.671. The molecule has 0 N–H and O–H groups in total. The zero-order valence-corrected chi connectivity index (χ0v) is 10.1.